The molecule has 3 aromatic heterocycles. The highest BCUT2D eigenvalue weighted by molar-refractivity contribution is 5.82. The molecule has 0 amide bonds. The van der Waals surface area contributed by atoms with E-state index in [4.69, 9.17) is 0 Å². The number of hydrogen-bond acceptors (Lipinski definition) is 5. The van der Waals surface area contributed by atoms with Gasteiger partial charge in [-0.25, -0.2) is 28.4 Å². The highest BCUT2D eigenvalue weighted by atomic mass is 19.2. The molecule has 0 bridgehead atoms. The number of aryl methyl sites for hydroxylation is 2. The van der Waals surface area contributed by atoms with Crippen molar-refractivity contribution in [1.82, 2.24) is 24.7 Å². The molecule has 0 atom stereocenters. The fraction of sp³-hybridized carbons (Fsp3) is 0.111. The van der Waals surface area contributed by atoms with Crippen LogP contribution in [-0.4, -0.2) is 24.7 Å². The summed E-state index contributed by atoms with van der Waals surface area (Å²) in [5.74, 6) is -0.537. The maximum atomic E-state index is 14.2. The van der Waals surface area contributed by atoms with Crippen molar-refractivity contribution >= 4 is 22.5 Å². The zero-order valence-corrected chi connectivity index (χ0v) is 14.4. The van der Waals surface area contributed by atoms with Crippen LogP contribution in [0, 0.1) is 25.5 Å². The molecule has 0 radical (unpaired) electrons. The second kappa shape index (κ2) is 6.27. The minimum Gasteiger partial charge on any atom is -0.325 e. The lowest BCUT2D eigenvalue weighted by Crippen LogP contribution is -2.06. The molecule has 0 aliphatic rings. The van der Waals surface area contributed by atoms with Gasteiger partial charge in [0.05, 0.1) is 10.9 Å². The van der Waals surface area contributed by atoms with Crippen LogP contribution < -0.4 is 10.9 Å². The number of aromatic nitrogens is 5. The van der Waals surface area contributed by atoms with Gasteiger partial charge in [0.25, 0.3) is 5.56 Å². The third kappa shape index (κ3) is 3.03. The van der Waals surface area contributed by atoms with E-state index in [0.29, 0.717) is 23.0 Å². The molecule has 0 aliphatic carbocycles. The summed E-state index contributed by atoms with van der Waals surface area (Å²) in [4.78, 5) is 24.8. The molecular formula is C18H14F2N6O. The Labute approximate surface area is 151 Å². The lowest BCUT2D eigenvalue weighted by atomic mass is 10.2. The predicted molar refractivity (Wildman–Crippen MR) is 96.4 cm³/mol. The third-order valence-electron chi connectivity index (χ3n) is 3.98. The summed E-state index contributed by atoms with van der Waals surface area (Å²) in [6.45, 7) is 3.61. The molecular weight excluding hydrogens is 354 g/mol. The summed E-state index contributed by atoms with van der Waals surface area (Å²) >= 11 is 0. The molecule has 4 rings (SSSR count). The first kappa shape index (κ1) is 16.8. The van der Waals surface area contributed by atoms with E-state index in [0.717, 1.165) is 11.8 Å². The van der Waals surface area contributed by atoms with Crippen molar-refractivity contribution in [3.63, 3.8) is 0 Å². The van der Waals surface area contributed by atoms with Crippen molar-refractivity contribution in [2.24, 2.45) is 0 Å². The number of aromatic amines is 1. The summed E-state index contributed by atoms with van der Waals surface area (Å²) < 4.78 is 29.0. The van der Waals surface area contributed by atoms with Crippen LogP contribution in [-0.2, 0) is 0 Å². The highest BCUT2D eigenvalue weighted by Gasteiger charge is 2.15. The Balaban J connectivity index is 1.84. The summed E-state index contributed by atoms with van der Waals surface area (Å²) in [7, 11) is 0. The predicted octanol–water partition coefficient (Wildman–Crippen LogP) is 3.14. The quantitative estimate of drug-likeness (QED) is 0.580. The Hall–Kier alpha value is -3.62. The smallest absolute Gasteiger partial charge is 0.273 e. The van der Waals surface area contributed by atoms with Crippen LogP contribution in [0.15, 0.2) is 41.3 Å². The standard InChI is InChI=1S/C18H14F2N6O/c1-9-6-16(23-10(2)22-9)24-15-7-14-11(8-21-15)18(27)25-26(14)13-5-3-4-12(19)17(13)20/h3-8H,1-2H3,(H,25,27)(H,21,22,23,24). The molecule has 0 saturated heterocycles. The van der Waals surface area contributed by atoms with Gasteiger partial charge >= 0.3 is 0 Å². The Morgan fingerprint density at radius 3 is 2.70 bits per heavy atom. The Bertz CT molecular complexity index is 1210. The van der Waals surface area contributed by atoms with Crippen molar-refractivity contribution in [3.8, 4) is 5.69 Å². The second-order valence-electron chi connectivity index (χ2n) is 6.00. The van der Waals surface area contributed by atoms with Crippen LogP contribution in [0.4, 0.5) is 20.4 Å². The van der Waals surface area contributed by atoms with Gasteiger partial charge in [0.1, 0.15) is 23.1 Å². The second-order valence-corrected chi connectivity index (χ2v) is 6.00. The van der Waals surface area contributed by atoms with Crippen LogP contribution >= 0.6 is 0 Å². The van der Waals surface area contributed by atoms with Crippen molar-refractivity contribution < 1.29 is 8.78 Å². The van der Waals surface area contributed by atoms with Crippen molar-refractivity contribution in [1.29, 1.82) is 0 Å². The number of halogens is 2. The number of hydrogen-bond donors (Lipinski definition) is 2. The maximum Gasteiger partial charge on any atom is 0.273 e. The first-order valence-electron chi connectivity index (χ1n) is 8.07. The van der Waals surface area contributed by atoms with E-state index < -0.39 is 17.2 Å². The SMILES string of the molecule is Cc1cc(Nc2cc3c(cn2)c(=O)[nH]n3-c2cccc(F)c2F)nc(C)n1. The first-order chi connectivity index (χ1) is 12.9. The first-order valence-corrected chi connectivity index (χ1v) is 8.07. The van der Waals surface area contributed by atoms with Gasteiger partial charge in [0, 0.05) is 24.0 Å². The molecule has 0 saturated carbocycles. The lowest BCUT2D eigenvalue weighted by Gasteiger charge is -2.09. The fourth-order valence-corrected chi connectivity index (χ4v) is 2.86. The zero-order chi connectivity index (χ0) is 19.1. The molecule has 0 unspecified atom stereocenters. The van der Waals surface area contributed by atoms with E-state index in [1.807, 2.05) is 6.92 Å². The van der Waals surface area contributed by atoms with E-state index in [1.165, 1.54) is 23.0 Å². The van der Waals surface area contributed by atoms with E-state index in [9.17, 15) is 13.6 Å². The molecule has 0 spiro atoms. The average molecular weight is 368 g/mol. The average Bonchev–Trinajstić information content (AvgIpc) is 2.92. The number of benzene rings is 1. The van der Waals surface area contributed by atoms with Crippen LogP contribution in [0.5, 0.6) is 0 Å². The number of anilines is 2. The number of fused-ring (bicyclic) bond motifs is 1. The monoisotopic (exact) mass is 368 g/mol. The van der Waals surface area contributed by atoms with E-state index in [1.54, 1.807) is 19.1 Å². The minimum absolute atomic E-state index is 0.104. The fourth-order valence-electron chi connectivity index (χ4n) is 2.86. The molecule has 2 N–H and O–H groups in total. The van der Waals surface area contributed by atoms with Crippen LogP contribution in [0.25, 0.3) is 16.6 Å². The van der Waals surface area contributed by atoms with Gasteiger partial charge < -0.3 is 5.32 Å². The largest absolute Gasteiger partial charge is 0.325 e. The van der Waals surface area contributed by atoms with Gasteiger partial charge in [-0.15, -0.1) is 0 Å². The summed E-state index contributed by atoms with van der Waals surface area (Å²) in [6, 6.07) is 7.06. The lowest BCUT2D eigenvalue weighted by molar-refractivity contribution is 0.502. The Morgan fingerprint density at radius 2 is 1.93 bits per heavy atom. The number of rotatable bonds is 3. The normalized spacial score (nSPS) is 11.1. The van der Waals surface area contributed by atoms with Crippen molar-refractivity contribution in [3.05, 3.63) is 70.0 Å². The van der Waals surface area contributed by atoms with Gasteiger partial charge in [-0.2, -0.15) is 0 Å². The van der Waals surface area contributed by atoms with Gasteiger partial charge in [-0.05, 0) is 26.0 Å². The molecule has 7 nitrogen and oxygen atoms in total. The van der Waals surface area contributed by atoms with Gasteiger partial charge in [0.15, 0.2) is 11.6 Å². The highest BCUT2D eigenvalue weighted by Crippen LogP contribution is 2.22. The van der Waals surface area contributed by atoms with Gasteiger partial charge in [0.2, 0.25) is 0 Å². The molecule has 0 fully saturated rings. The summed E-state index contributed by atoms with van der Waals surface area (Å²) in [5.41, 5.74) is 0.574. The Kier molecular flexibility index (Phi) is 3.91. The maximum absolute atomic E-state index is 14.2. The molecule has 3 heterocycles. The summed E-state index contributed by atoms with van der Waals surface area (Å²) in [5, 5.41) is 5.79. The van der Waals surface area contributed by atoms with E-state index in [-0.39, 0.29) is 11.1 Å². The van der Waals surface area contributed by atoms with Crippen LogP contribution in [0.1, 0.15) is 11.5 Å². The number of pyridine rings is 1. The van der Waals surface area contributed by atoms with Crippen molar-refractivity contribution in [2.75, 3.05) is 5.32 Å². The minimum atomic E-state index is -1.06. The van der Waals surface area contributed by atoms with Crippen LogP contribution in [0.3, 0.4) is 0 Å². The molecule has 0 aliphatic heterocycles. The molecule has 9 heteroatoms. The van der Waals surface area contributed by atoms with E-state index >= 15 is 0 Å². The zero-order valence-electron chi connectivity index (χ0n) is 14.4. The van der Waals surface area contributed by atoms with Crippen LogP contribution in [0.2, 0.25) is 0 Å². The molecule has 27 heavy (non-hydrogen) atoms. The molecule has 1 aromatic carbocycles. The third-order valence-corrected chi connectivity index (χ3v) is 3.98. The van der Waals surface area contributed by atoms with Gasteiger partial charge in [-0.1, -0.05) is 6.07 Å². The van der Waals surface area contributed by atoms with E-state index in [2.05, 4.69) is 25.4 Å². The molecule has 4 aromatic rings. The van der Waals surface area contributed by atoms with Gasteiger partial charge in [-0.3, -0.25) is 9.89 Å². The Morgan fingerprint density at radius 1 is 1.11 bits per heavy atom. The topological polar surface area (TPSA) is 88.5 Å². The number of nitrogens with zero attached hydrogens (tertiary/aromatic N) is 4. The number of H-pyrrole nitrogens is 1. The number of nitrogens with one attached hydrogen (secondary N) is 2. The molecule has 136 valence electrons. The van der Waals surface area contributed by atoms with Crippen molar-refractivity contribution in [2.45, 2.75) is 13.8 Å². The summed E-state index contributed by atoms with van der Waals surface area (Å²) in [6.07, 6.45) is 1.37.